The summed E-state index contributed by atoms with van der Waals surface area (Å²) in [6.45, 7) is 4.63. The van der Waals surface area contributed by atoms with Gasteiger partial charge in [0.25, 0.3) is 5.91 Å². The first-order valence-corrected chi connectivity index (χ1v) is 13.7. The first kappa shape index (κ1) is 25.9. The zero-order valence-electron chi connectivity index (χ0n) is 23.1. The van der Waals surface area contributed by atoms with Crippen molar-refractivity contribution in [3.05, 3.63) is 88.5 Å². The largest absolute Gasteiger partial charge is 0.493 e. The lowest BCUT2D eigenvalue weighted by atomic mass is 9.75. The number of piperazine rings is 1. The highest BCUT2D eigenvalue weighted by atomic mass is 16.5. The minimum atomic E-state index is -0.521. The van der Waals surface area contributed by atoms with E-state index in [1.807, 2.05) is 70.5 Å². The number of hydrogen-bond acceptors (Lipinski definition) is 6. The van der Waals surface area contributed by atoms with Crippen LogP contribution in [0.2, 0.25) is 0 Å². The van der Waals surface area contributed by atoms with Crippen LogP contribution in [0, 0.1) is 0 Å². The average Bonchev–Trinajstić information content (AvgIpc) is 3.00. The van der Waals surface area contributed by atoms with E-state index >= 15 is 0 Å². The molecule has 3 heterocycles. The molecule has 2 amide bonds. The summed E-state index contributed by atoms with van der Waals surface area (Å²) in [6.07, 6.45) is 0.683. The van der Waals surface area contributed by atoms with Gasteiger partial charge in [-0.05, 0) is 72.5 Å². The third-order valence-corrected chi connectivity index (χ3v) is 8.52. The fourth-order valence-corrected chi connectivity index (χ4v) is 6.41. The first-order valence-electron chi connectivity index (χ1n) is 13.7. The Morgan fingerprint density at radius 2 is 1.50 bits per heavy atom. The molecule has 0 unspecified atom stereocenters. The molecular formula is C32H33N3O5. The number of carbonyl (C=O) groups is 3. The van der Waals surface area contributed by atoms with Crippen molar-refractivity contribution in [3.63, 3.8) is 0 Å². The van der Waals surface area contributed by atoms with Crippen molar-refractivity contribution in [2.45, 2.75) is 25.3 Å². The Hall–Kier alpha value is -4.33. The van der Waals surface area contributed by atoms with Gasteiger partial charge in [0, 0.05) is 49.5 Å². The number of carbonyl (C=O) groups excluding carboxylic acids is 3. The molecule has 0 N–H and O–H groups in total. The molecule has 0 bridgehead atoms. The lowest BCUT2D eigenvalue weighted by Crippen LogP contribution is -2.54. The summed E-state index contributed by atoms with van der Waals surface area (Å²) in [6, 6.07) is 18.7. The summed E-state index contributed by atoms with van der Waals surface area (Å²) in [4.78, 5) is 45.8. The maximum absolute atomic E-state index is 14.4. The number of hydrogen-bond donors (Lipinski definition) is 0. The summed E-state index contributed by atoms with van der Waals surface area (Å²) in [5.74, 6) is 0.751. The van der Waals surface area contributed by atoms with Crippen molar-refractivity contribution in [1.82, 2.24) is 9.80 Å². The monoisotopic (exact) mass is 539 g/mol. The van der Waals surface area contributed by atoms with Gasteiger partial charge in [-0.25, -0.2) is 0 Å². The molecule has 3 aromatic carbocycles. The van der Waals surface area contributed by atoms with E-state index in [9.17, 15) is 14.4 Å². The van der Waals surface area contributed by atoms with Crippen LogP contribution in [0.1, 0.15) is 56.3 Å². The Balaban J connectivity index is 1.32. The van der Waals surface area contributed by atoms with Crippen LogP contribution in [0.3, 0.4) is 0 Å². The minimum absolute atomic E-state index is 0.0316. The first-order chi connectivity index (χ1) is 19.4. The second-order valence-electron chi connectivity index (χ2n) is 10.6. The van der Waals surface area contributed by atoms with E-state index < -0.39 is 12.0 Å². The molecule has 8 nitrogen and oxygen atoms in total. The Morgan fingerprint density at radius 1 is 0.825 bits per heavy atom. The highest BCUT2D eigenvalue weighted by Crippen LogP contribution is 2.49. The van der Waals surface area contributed by atoms with Crippen LogP contribution in [-0.2, 0) is 11.2 Å². The van der Waals surface area contributed by atoms with E-state index in [1.165, 1.54) is 0 Å². The number of anilines is 1. The topological polar surface area (TPSA) is 79.4 Å². The lowest BCUT2D eigenvalue weighted by Gasteiger charge is -2.47. The van der Waals surface area contributed by atoms with Gasteiger partial charge < -0.3 is 24.2 Å². The normalized spacial score (nSPS) is 19.9. The molecule has 3 aliphatic heterocycles. The predicted octanol–water partition coefficient (Wildman–Crippen LogP) is 4.09. The fourth-order valence-electron chi connectivity index (χ4n) is 6.41. The average molecular weight is 540 g/mol. The molecule has 206 valence electrons. The number of amides is 2. The fraction of sp³-hybridized carbons (Fsp3) is 0.344. The number of ether oxygens (including phenoxy) is 2. The highest BCUT2D eigenvalue weighted by Gasteiger charge is 2.48. The lowest BCUT2D eigenvalue weighted by molar-refractivity contribution is -0.135. The van der Waals surface area contributed by atoms with E-state index in [0.717, 1.165) is 22.4 Å². The maximum Gasteiger partial charge on any atom is 0.254 e. The summed E-state index contributed by atoms with van der Waals surface area (Å²) >= 11 is 0. The van der Waals surface area contributed by atoms with Crippen LogP contribution >= 0.6 is 0 Å². The Labute approximate surface area is 234 Å². The number of Topliss-reactive ketones (excluding diaryl/α,β-unsaturated/α-hetero) is 1. The van der Waals surface area contributed by atoms with Crippen LogP contribution in [-0.4, -0.2) is 74.3 Å². The second-order valence-corrected chi connectivity index (χ2v) is 10.6. The van der Waals surface area contributed by atoms with Crippen molar-refractivity contribution < 1.29 is 23.9 Å². The molecule has 0 aliphatic carbocycles. The van der Waals surface area contributed by atoms with Crippen molar-refractivity contribution in [2.24, 2.45) is 0 Å². The van der Waals surface area contributed by atoms with Crippen molar-refractivity contribution in [1.29, 1.82) is 0 Å². The van der Waals surface area contributed by atoms with Crippen molar-refractivity contribution >= 4 is 23.3 Å². The van der Waals surface area contributed by atoms with Gasteiger partial charge >= 0.3 is 0 Å². The number of nitrogens with zero attached hydrogens (tertiary/aromatic N) is 3. The third kappa shape index (κ3) is 4.28. The Morgan fingerprint density at radius 3 is 2.17 bits per heavy atom. The molecule has 1 fully saturated rings. The molecule has 40 heavy (non-hydrogen) atoms. The zero-order valence-corrected chi connectivity index (χ0v) is 23.1. The number of rotatable bonds is 5. The molecule has 3 aromatic rings. The van der Waals surface area contributed by atoms with Gasteiger partial charge in [-0.15, -0.1) is 0 Å². The second kappa shape index (κ2) is 10.3. The molecule has 3 aliphatic rings. The van der Waals surface area contributed by atoms with Crippen molar-refractivity contribution in [3.8, 4) is 11.5 Å². The summed E-state index contributed by atoms with van der Waals surface area (Å²) in [5.41, 5.74) is 5.12. The molecule has 1 saturated heterocycles. The van der Waals surface area contributed by atoms with Crippen LogP contribution in [0.5, 0.6) is 11.5 Å². The van der Waals surface area contributed by atoms with Gasteiger partial charge in [0.15, 0.2) is 17.3 Å². The standard InChI is InChI=1S/C32H33N3O5/c1-20(36)21-8-10-23(11-9-21)33-14-16-34(17-15-33)32(38)29-24-6-4-5-7-25(24)31(37)35-13-12-22-18-27(39-2)28(40-3)19-26(22)30(29)35/h4-11,18-19,29-30H,12-17H2,1-3H3/t29-,30-/m1/s1. The van der Waals surface area contributed by atoms with Gasteiger partial charge in [0.05, 0.1) is 26.2 Å². The summed E-state index contributed by atoms with van der Waals surface area (Å²) in [5, 5.41) is 0. The molecule has 0 spiro atoms. The van der Waals surface area contributed by atoms with Gasteiger partial charge in [-0.1, -0.05) is 18.2 Å². The third-order valence-electron chi connectivity index (χ3n) is 8.52. The van der Waals surface area contributed by atoms with Crippen LogP contribution in [0.25, 0.3) is 0 Å². The van der Waals surface area contributed by atoms with Gasteiger partial charge in [0.2, 0.25) is 5.91 Å². The Kier molecular flexibility index (Phi) is 6.70. The van der Waals surface area contributed by atoms with Gasteiger partial charge in [0.1, 0.15) is 0 Å². The van der Waals surface area contributed by atoms with Gasteiger partial charge in [-0.2, -0.15) is 0 Å². The van der Waals surface area contributed by atoms with E-state index in [1.54, 1.807) is 21.1 Å². The minimum Gasteiger partial charge on any atom is -0.493 e. The summed E-state index contributed by atoms with van der Waals surface area (Å²) in [7, 11) is 3.21. The predicted molar refractivity (Wildman–Crippen MR) is 151 cm³/mol. The van der Waals surface area contributed by atoms with E-state index in [4.69, 9.17) is 9.47 Å². The molecule has 0 aromatic heterocycles. The summed E-state index contributed by atoms with van der Waals surface area (Å²) < 4.78 is 11.2. The number of fused-ring (bicyclic) bond motifs is 4. The zero-order chi connectivity index (χ0) is 28.0. The Bertz CT molecular complexity index is 1480. The van der Waals surface area contributed by atoms with E-state index in [0.29, 0.717) is 61.8 Å². The van der Waals surface area contributed by atoms with Crippen LogP contribution in [0.4, 0.5) is 5.69 Å². The van der Waals surface area contributed by atoms with E-state index in [-0.39, 0.29) is 17.6 Å². The number of ketones is 1. The smallest absolute Gasteiger partial charge is 0.254 e. The molecule has 0 saturated carbocycles. The molecule has 8 heteroatoms. The molecule has 0 radical (unpaired) electrons. The maximum atomic E-state index is 14.4. The molecule has 6 rings (SSSR count). The van der Waals surface area contributed by atoms with Crippen LogP contribution in [0.15, 0.2) is 60.7 Å². The number of methoxy groups -OCH3 is 2. The van der Waals surface area contributed by atoms with Crippen LogP contribution < -0.4 is 14.4 Å². The SMILES string of the molecule is COc1cc2c(cc1OC)[C@@H]1[C@H](C(=O)N3CCN(c4ccc(C(C)=O)cc4)CC3)c3ccccc3C(=O)N1CC2. The molecular weight excluding hydrogens is 506 g/mol. The van der Waals surface area contributed by atoms with E-state index in [2.05, 4.69) is 4.90 Å². The molecule has 2 atom stereocenters. The van der Waals surface area contributed by atoms with Crippen molar-refractivity contribution in [2.75, 3.05) is 51.8 Å². The number of benzene rings is 3. The quantitative estimate of drug-likeness (QED) is 0.455. The van der Waals surface area contributed by atoms with Gasteiger partial charge in [-0.3, -0.25) is 14.4 Å². The highest BCUT2D eigenvalue weighted by molar-refractivity contribution is 6.01.